The van der Waals surface area contributed by atoms with Crippen LogP contribution in [0.25, 0.3) is 0 Å². The van der Waals surface area contributed by atoms with E-state index in [2.05, 4.69) is 0 Å². The molecule has 10 nitrogen and oxygen atoms in total. The van der Waals surface area contributed by atoms with Gasteiger partial charge in [0.2, 0.25) is 0 Å². The Bertz CT molecular complexity index is 763. The number of aliphatic hydroxyl groups is 2. The molecule has 2 heterocycles. The summed E-state index contributed by atoms with van der Waals surface area (Å²) in [6.45, 7) is -1.07. The van der Waals surface area contributed by atoms with Gasteiger partial charge in [-0.05, 0) is 6.42 Å². The molecular weight excluding hydrogens is 379 g/mol. The number of hydrogen-bond acceptors (Lipinski definition) is 7. The summed E-state index contributed by atoms with van der Waals surface area (Å²) in [4.78, 5) is 35.7. The van der Waals surface area contributed by atoms with Gasteiger partial charge in [-0.15, -0.1) is 0 Å². The lowest BCUT2D eigenvalue weighted by molar-refractivity contribution is -0.173. The van der Waals surface area contributed by atoms with Crippen LogP contribution in [-0.2, 0) is 14.3 Å². The molecule has 0 saturated carbocycles. The van der Waals surface area contributed by atoms with Gasteiger partial charge in [-0.2, -0.15) is 13.2 Å². The zero-order valence-corrected chi connectivity index (χ0v) is 13.8. The van der Waals surface area contributed by atoms with Gasteiger partial charge >= 0.3 is 17.8 Å². The lowest BCUT2D eigenvalue weighted by Gasteiger charge is -2.22. The maximum Gasteiger partial charge on any atom is 0.471 e. The highest BCUT2D eigenvalue weighted by Gasteiger charge is 2.45. The highest BCUT2D eigenvalue weighted by atomic mass is 19.4. The molecule has 0 radical (unpaired) electrons. The Balaban J connectivity index is 1.98. The lowest BCUT2D eigenvalue weighted by Crippen LogP contribution is -2.40. The van der Waals surface area contributed by atoms with Gasteiger partial charge in [-0.1, -0.05) is 0 Å². The number of alkyl halides is 3. The molecule has 4 N–H and O–H groups in total. The van der Waals surface area contributed by atoms with Gasteiger partial charge in [0.05, 0.1) is 6.61 Å². The predicted octanol–water partition coefficient (Wildman–Crippen LogP) is -1.76. The second-order valence-electron chi connectivity index (χ2n) is 5.70. The Kier molecular flexibility index (Phi) is 6.75. The van der Waals surface area contributed by atoms with Gasteiger partial charge < -0.3 is 25.0 Å². The Labute approximate surface area is 149 Å². The first-order valence-electron chi connectivity index (χ1n) is 7.87. The molecule has 0 aromatic carbocycles. The van der Waals surface area contributed by atoms with Crippen LogP contribution in [0.1, 0.15) is 12.6 Å². The average molecular weight is 397 g/mol. The predicted molar refractivity (Wildman–Crippen MR) is 81.7 cm³/mol. The second-order valence-corrected chi connectivity index (χ2v) is 5.70. The lowest BCUT2D eigenvalue weighted by atomic mass is 10.1. The quantitative estimate of drug-likeness (QED) is 0.399. The maximum absolute atomic E-state index is 12.1. The fourth-order valence-corrected chi connectivity index (χ4v) is 2.49. The van der Waals surface area contributed by atoms with E-state index >= 15 is 0 Å². The number of carbonyl (C=O) groups excluding carboxylic acids is 1. The number of ether oxygens (including phenoxy) is 2. The summed E-state index contributed by atoms with van der Waals surface area (Å²) >= 11 is 0. The largest absolute Gasteiger partial charge is 0.471 e. The number of amides is 1. The van der Waals surface area contributed by atoms with E-state index in [0.717, 1.165) is 16.8 Å². The van der Waals surface area contributed by atoms with Crippen LogP contribution in [0.2, 0.25) is 0 Å². The molecule has 2 rings (SSSR count). The molecule has 27 heavy (non-hydrogen) atoms. The third-order valence-corrected chi connectivity index (χ3v) is 3.79. The highest BCUT2D eigenvalue weighted by molar-refractivity contribution is 5.81. The zero-order chi connectivity index (χ0) is 20.2. The van der Waals surface area contributed by atoms with Crippen LogP contribution >= 0.6 is 0 Å². The standard InChI is InChI=1S/C14H18F3N3O7/c15-14(16,17)12(24)18-3-1-5-26-10-9(23)7(6-21)27-11(10)20-4-2-8(22)19-13(20)25/h2,4,7,9-11,21,23H,1,3,5-6H2,(H,18,24)(H,19,22,25)/t7-,9?,10?,11-/m0/s1. The molecule has 1 amide bonds. The Hall–Kier alpha value is -2.22. The molecule has 1 fully saturated rings. The first kappa shape index (κ1) is 21.1. The summed E-state index contributed by atoms with van der Waals surface area (Å²) in [6.07, 6.45) is -8.58. The fraction of sp³-hybridized carbons (Fsp3) is 0.643. The summed E-state index contributed by atoms with van der Waals surface area (Å²) in [5.41, 5.74) is -1.48. The number of H-pyrrole nitrogens is 1. The van der Waals surface area contributed by atoms with Crippen molar-refractivity contribution in [3.05, 3.63) is 33.1 Å². The molecule has 0 aliphatic carbocycles. The van der Waals surface area contributed by atoms with Gasteiger partial charge in [0.1, 0.15) is 18.3 Å². The summed E-state index contributed by atoms with van der Waals surface area (Å²) in [7, 11) is 0. The van der Waals surface area contributed by atoms with E-state index in [0.29, 0.717) is 0 Å². The molecule has 4 atom stereocenters. The summed E-state index contributed by atoms with van der Waals surface area (Å²) in [6, 6.07) is 1.05. The van der Waals surface area contributed by atoms with Crippen molar-refractivity contribution < 1.29 is 37.7 Å². The Morgan fingerprint density at radius 1 is 1.41 bits per heavy atom. The molecular formula is C14H18F3N3O7. The first-order valence-corrected chi connectivity index (χ1v) is 7.87. The molecule has 1 aliphatic rings. The van der Waals surface area contributed by atoms with E-state index < -0.39 is 54.5 Å². The van der Waals surface area contributed by atoms with Crippen LogP contribution < -0.4 is 16.6 Å². The number of hydrogen-bond donors (Lipinski definition) is 4. The molecule has 1 aromatic heterocycles. The van der Waals surface area contributed by atoms with Crippen LogP contribution in [0.15, 0.2) is 21.9 Å². The minimum Gasteiger partial charge on any atom is -0.394 e. The number of halogens is 3. The highest BCUT2D eigenvalue weighted by Crippen LogP contribution is 2.30. The van der Waals surface area contributed by atoms with Gasteiger partial charge in [0.15, 0.2) is 6.23 Å². The molecule has 0 spiro atoms. The smallest absolute Gasteiger partial charge is 0.394 e. The second kappa shape index (κ2) is 8.65. The molecule has 0 bridgehead atoms. The Morgan fingerprint density at radius 2 is 2.11 bits per heavy atom. The van der Waals surface area contributed by atoms with Crippen LogP contribution in [-0.4, -0.2) is 69.9 Å². The normalized spacial score (nSPS) is 25.5. The van der Waals surface area contributed by atoms with Crippen molar-refractivity contribution >= 4 is 5.91 Å². The monoisotopic (exact) mass is 397 g/mol. The maximum atomic E-state index is 12.1. The SMILES string of the molecule is O=C(NCCCOC1C(O)[C@H](CO)O[C@@H]1n1ccc(=O)[nH]c1=O)C(F)(F)F. The van der Waals surface area contributed by atoms with Gasteiger partial charge in [0, 0.05) is 25.4 Å². The zero-order valence-electron chi connectivity index (χ0n) is 13.8. The molecule has 1 saturated heterocycles. The number of nitrogens with one attached hydrogen (secondary N) is 2. The van der Waals surface area contributed by atoms with E-state index in [4.69, 9.17) is 9.47 Å². The van der Waals surface area contributed by atoms with E-state index in [1.807, 2.05) is 4.98 Å². The number of rotatable bonds is 7. The number of nitrogens with zero attached hydrogens (tertiary/aromatic N) is 1. The summed E-state index contributed by atoms with van der Waals surface area (Å²) in [5.74, 6) is -2.08. The van der Waals surface area contributed by atoms with Gasteiger partial charge in [0.25, 0.3) is 5.56 Å². The molecule has 1 aromatic rings. The molecule has 152 valence electrons. The van der Waals surface area contributed by atoms with Crippen molar-refractivity contribution in [1.82, 2.24) is 14.9 Å². The van der Waals surface area contributed by atoms with Crippen LogP contribution in [0.4, 0.5) is 13.2 Å². The van der Waals surface area contributed by atoms with Crippen LogP contribution in [0, 0.1) is 0 Å². The first-order chi connectivity index (χ1) is 12.6. The van der Waals surface area contributed by atoms with Crippen molar-refractivity contribution in [2.24, 2.45) is 0 Å². The topological polar surface area (TPSA) is 143 Å². The van der Waals surface area contributed by atoms with Crippen molar-refractivity contribution in [2.75, 3.05) is 19.8 Å². The van der Waals surface area contributed by atoms with Gasteiger partial charge in [-0.3, -0.25) is 19.1 Å². The number of carbonyl (C=O) groups is 1. The minimum absolute atomic E-state index is 0.0118. The van der Waals surface area contributed by atoms with Gasteiger partial charge in [-0.25, -0.2) is 4.79 Å². The summed E-state index contributed by atoms with van der Waals surface area (Å²) < 4.78 is 47.9. The van der Waals surface area contributed by atoms with Crippen LogP contribution in [0.3, 0.4) is 0 Å². The third-order valence-electron chi connectivity index (χ3n) is 3.79. The van der Waals surface area contributed by atoms with Crippen molar-refractivity contribution in [1.29, 1.82) is 0 Å². The number of aromatic amines is 1. The van der Waals surface area contributed by atoms with E-state index in [9.17, 15) is 37.8 Å². The van der Waals surface area contributed by atoms with E-state index in [-0.39, 0.29) is 19.6 Å². The summed E-state index contributed by atoms with van der Waals surface area (Å²) in [5, 5.41) is 21.1. The van der Waals surface area contributed by atoms with E-state index in [1.54, 1.807) is 5.32 Å². The van der Waals surface area contributed by atoms with E-state index in [1.165, 1.54) is 0 Å². The molecule has 2 unspecified atom stereocenters. The molecule has 13 heteroatoms. The van der Waals surface area contributed by atoms with Crippen LogP contribution in [0.5, 0.6) is 0 Å². The Morgan fingerprint density at radius 3 is 2.70 bits per heavy atom. The van der Waals surface area contributed by atoms with Crippen molar-refractivity contribution in [2.45, 2.75) is 37.1 Å². The fourth-order valence-electron chi connectivity index (χ4n) is 2.49. The number of aliphatic hydroxyl groups excluding tert-OH is 2. The van der Waals surface area contributed by atoms with Crippen molar-refractivity contribution in [3.8, 4) is 0 Å². The third kappa shape index (κ3) is 5.15. The molecule has 1 aliphatic heterocycles. The van der Waals surface area contributed by atoms with Crippen molar-refractivity contribution in [3.63, 3.8) is 0 Å². The average Bonchev–Trinajstić information content (AvgIpc) is 2.89. The minimum atomic E-state index is -4.98. The number of aromatic nitrogens is 2.